The van der Waals surface area contributed by atoms with Crippen molar-refractivity contribution >= 4 is 11.0 Å². The molecule has 6 heteroatoms. The maximum atomic E-state index is 5.58. The third-order valence-electron chi connectivity index (χ3n) is 6.14. The Bertz CT molecular complexity index is 976. The standard InChI is InChI=1S/C24H30N2O4/c1-27-21-7-5-4-6-18(21)16-26-14-12-17(13-15-26)8-10-20-19-9-11-22(28-2)24(29-3)23(19)30-25-20/h4-7,9,11,17H,8,10,12-16H2,1-3H3. The van der Waals surface area contributed by atoms with Gasteiger partial charge in [0.1, 0.15) is 5.75 Å². The van der Waals surface area contributed by atoms with Crippen LogP contribution in [0.25, 0.3) is 11.0 Å². The summed E-state index contributed by atoms with van der Waals surface area (Å²) in [4.78, 5) is 2.52. The zero-order valence-corrected chi connectivity index (χ0v) is 18.0. The molecule has 0 saturated carbocycles. The summed E-state index contributed by atoms with van der Waals surface area (Å²) >= 11 is 0. The summed E-state index contributed by atoms with van der Waals surface area (Å²) in [6.07, 6.45) is 4.46. The highest BCUT2D eigenvalue weighted by Gasteiger charge is 2.22. The highest BCUT2D eigenvalue weighted by atomic mass is 16.5. The fourth-order valence-corrected chi connectivity index (χ4v) is 4.40. The summed E-state index contributed by atoms with van der Waals surface area (Å²) in [6.45, 7) is 3.19. The smallest absolute Gasteiger partial charge is 0.212 e. The minimum absolute atomic E-state index is 0.610. The number of ether oxygens (including phenoxy) is 3. The van der Waals surface area contributed by atoms with E-state index in [1.165, 1.54) is 18.4 Å². The molecule has 0 atom stereocenters. The topological polar surface area (TPSA) is 57.0 Å². The van der Waals surface area contributed by atoms with Gasteiger partial charge in [0, 0.05) is 17.5 Å². The second-order valence-electron chi connectivity index (χ2n) is 7.88. The molecular formula is C24H30N2O4. The van der Waals surface area contributed by atoms with E-state index < -0.39 is 0 Å². The van der Waals surface area contributed by atoms with Gasteiger partial charge in [-0.1, -0.05) is 23.4 Å². The van der Waals surface area contributed by atoms with Gasteiger partial charge >= 0.3 is 0 Å². The number of rotatable bonds is 8. The van der Waals surface area contributed by atoms with Crippen molar-refractivity contribution in [1.82, 2.24) is 10.1 Å². The summed E-state index contributed by atoms with van der Waals surface area (Å²) in [5.74, 6) is 2.96. The summed E-state index contributed by atoms with van der Waals surface area (Å²) in [7, 11) is 4.99. The van der Waals surface area contributed by atoms with Gasteiger partial charge in [-0.05, 0) is 62.9 Å². The van der Waals surface area contributed by atoms with E-state index in [0.29, 0.717) is 23.0 Å². The summed E-state index contributed by atoms with van der Waals surface area (Å²) in [5, 5.41) is 5.33. The van der Waals surface area contributed by atoms with Gasteiger partial charge in [0.2, 0.25) is 11.3 Å². The minimum atomic E-state index is 0.610. The number of aromatic nitrogens is 1. The molecule has 4 rings (SSSR count). The quantitative estimate of drug-likeness (QED) is 0.537. The van der Waals surface area contributed by atoms with Crippen molar-refractivity contribution in [3.05, 3.63) is 47.7 Å². The van der Waals surface area contributed by atoms with E-state index in [2.05, 4.69) is 22.2 Å². The third-order valence-corrected chi connectivity index (χ3v) is 6.14. The summed E-state index contributed by atoms with van der Waals surface area (Å²) in [6, 6.07) is 12.2. The number of hydrogen-bond acceptors (Lipinski definition) is 6. The third kappa shape index (κ3) is 4.24. The second-order valence-corrected chi connectivity index (χ2v) is 7.88. The summed E-state index contributed by atoms with van der Waals surface area (Å²) in [5.41, 5.74) is 2.93. The molecule has 3 aromatic rings. The highest BCUT2D eigenvalue weighted by Crippen LogP contribution is 2.37. The monoisotopic (exact) mass is 410 g/mol. The van der Waals surface area contributed by atoms with Crippen molar-refractivity contribution in [3.8, 4) is 17.2 Å². The first-order chi connectivity index (χ1) is 14.7. The lowest BCUT2D eigenvalue weighted by atomic mass is 9.91. The molecule has 0 radical (unpaired) electrons. The molecule has 160 valence electrons. The van der Waals surface area contributed by atoms with Crippen LogP contribution in [0.2, 0.25) is 0 Å². The first kappa shape index (κ1) is 20.5. The van der Waals surface area contributed by atoms with Gasteiger partial charge in [-0.25, -0.2) is 0 Å². The summed E-state index contributed by atoms with van der Waals surface area (Å²) < 4.78 is 21.9. The van der Waals surface area contributed by atoms with Gasteiger partial charge in [0.05, 0.1) is 27.0 Å². The number of aryl methyl sites for hydroxylation is 1. The number of hydrogen-bond donors (Lipinski definition) is 0. The van der Waals surface area contributed by atoms with E-state index in [1.54, 1.807) is 21.3 Å². The fourth-order valence-electron chi connectivity index (χ4n) is 4.40. The lowest BCUT2D eigenvalue weighted by Crippen LogP contribution is -2.33. The van der Waals surface area contributed by atoms with Crippen LogP contribution in [0.4, 0.5) is 0 Å². The number of fused-ring (bicyclic) bond motifs is 1. The molecule has 1 fully saturated rings. The van der Waals surface area contributed by atoms with Crippen LogP contribution < -0.4 is 14.2 Å². The second kappa shape index (κ2) is 9.39. The van der Waals surface area contributed by atoms with Gasteiger partial charge in [0.25, 0.3) is 0 Å². The van der Waals surface area contributed by atoms with Gasteiger partial charge in [-0.15, -0.1) is 0 Å². The van der Waals surface area contributed by atoms with E-state index in [1.807, 2.05) is 24.3 Å². The van der Waals surface area contributed by atoms with Crippen LogP contribution in [0.3, 0.4) is 0 Å². The molecule has 30 heavy (non-hydrogen) atoms. The van der Waals surface area contributed by atoms with E-state index in [0.717, 1.165) is 49.3 Å². The SMILES string of the molecule is COc1ccccc1CN1CCC(CCc2noc3c(OC)c(OC)ccc23)CC1. The normalized spacial score (nSPS) is 15.4. The molecule has 1 aliphatic rings. The van der Waals surface area contributed by atoms with E-state index >= 15 is 0 Å². The van der Waals surface area contributed by atoms with Crippen molar-refractivity contribution in [2.24, 2.45) is 5.92 Å². The number of likely N-dealkylation sites (tertiary alicyclic amines) is 1. The minimum Gasteiger partial charge on any atom is -0.496 e. The fraction of sp³-hybridized carbons (Fsp3) is 0.458. The van der Waals surface area contributed by atoms with Crippen LogP contribution >= 0.6 is 0 Å². The first-order valence-corrected chi connectivity index (χ1v) is 10.6. The Hall–Kier alpha value is -2.73. The van der Waals surface area contributed by atoms with Crippen molar-refractivity contribution in [2.75, 3.05) is 34.4 Å². The zero-order valence-electron chi connectivity index (χ0n) is 18.0. The maximum Gasteiger partial charge on any atom is 0.212 e. The van der Waals surface area contributed by atoms with Crippen LogP contribution in [-0.4, -0.2) is 44.5 Å². The van der Waals surface area contributed by atoms with E-state index in [4.69, 9.17) is 18.7 Å². The van der Waals surface area contributed by atoms with Gasteiger partial charge in [-0.3, -0.25) is 4.90 Å². The van der Waals surface area contributed by atoms with E-state index in [-0.39, 0.29) is 0 Å². The zero-order chi connectivity index (χ0) is 20.9. The molecule has 1 aliphatic heterocycles. The number of methoxy groups -OCH3 is 3. The molecule has 0 N–H and O–H groups in total. The molecule has 0 bridgehead atoms. The molecule has 2 aromatic carbocycles. The lowest BCUT2D eigenvalue weighted by molar-refractivity contribution is 0.170. The number of benzene rings is 2. The number of para-hydroxylation sites is 1. The van der Waals surface area contributed by atoms with Crippen molar-refractivity contribution < 1.29 is 18.7 Å². The molecule has 0 aliphatic carbocycles. The molecule has 0 spiro atoms. The molecule has 6 nitrogen and oxygen atoms in total. The van der Waals surface area contributed by atoms with Crippen molar-refractivity contribution in [1.29, 1.82) is 0 Å². The highest BCUT2D eigenvalue weighted by molar-refractivity contribution is 5.87. The van der Waals surface area contributed by atoms with Crippen molar-refractivity contribution in [3.63, 3.8) is 0 Å². The predicted molar refractivity (Wildman–Crippen MR) is 116 cm³/mol. The lowest BCUT2D eigenvalue weighted by Gasteiger charge is -2.32. The first-order valence-electron chi connectivity index (χ1n) is 10.6. The average molecular weight is 411 g/mol. The molecule has 1 aromatic heterocycles. The Balaban J connectivity index is 1.33. The molecule has 0 amide bonds. The molecule has 1 saturated heterocycles. The Morgan fingerprint density at radius 2 is 1.73 bits per heavy atom. The largest absolute Gasteiger partial charge is 0.496 e. The van der Waals surface area contributed by atoms with Crippen LogP contribution in [0.1, 0.15) is 30.5 Å². The Morgan fingerprint density at radius 1 is 0.967 bits per heavy atom. The van der Waals surface area contributed by atoms with Gasteiger partial charge in [0.15, 0.2) is 5.75 Å². The van der Waals surface area contributed by atoms with Crippen LogP contribution in [0.15, 0.2) is 40.9 Å². The molecular weight excluding hydrogens is 380 g/mol. The maximum absolute atomic E-state index is 5.58. The number of nitrogens with zero attached hydrogens (tertiary/aromatic N) is 2. The average Bonchev–Trinajstić information content (AvgIpc) is 3.21. The van der Waals surface area contributed by atoms with Crippen LogP contribution in [-0.2, 0) is 13.0 Å². The van der Waals surface area contributed by atoms with Crippen LogP contribution in [0, 0.1) is 5.92 Å². The molecule has 2 heterocycles. The Morgan fingerprint density at radius 3 is 2.47 bits per heavy atom. The van der Waals surface area contributed by atoms with Crippen LogP contribution in [0.5, 0.6) is 17.2 Å². The van der Waals surface area contributed by atoms with Crippen molar-refractivity contribution in [2.45, 2.75) is 32.2 Å². The Labute approximate surface area is 177 Å². The van der Waals surface area contributed by atoms with Gasteiger partial charge in [-0.2, -0.15) is 0 Å². The van der Waals surface area contributed by atoms with Gasteiger partial charge < -0.3 is 18.7 Å². The predicted octanol–water partition coefficient (Wildman–Crippen LogP) is 4.70. The number of piperidine rings is 1. The molecule has 0 unspecified atom stereocenters. The van der Waals surface area contributed by atoms with E-state index in [9.17, 15) is 0 Å². The Kier molecular flexibility index (Phi) is 6.43.